The van der Waals surface area contributed by atoms with E-state index in [0.29, 0.717) is 18.7 Å². The topological polar surface area (TPSA) is 68.5 Å². The lowest BCUT2D eigenvalue weighted by Crippen LogP contribution is -2.38. The molecule has 1 unspecified atom stereocenters. The van der Waals surface area contributed by atoms with Gasteiger partial charge in [0, 0.05) is 33.3 Å². The Morgan fingerprint density at radius 1 is 1.52 bits per heavy atom. The average Bonchev–Trinajstić information content (AvgIpc) is 2.51. The normalized spacial score (nSPS) is 18.5. The summed E-state index contributed by atoms with van der Waals surface area (Å²) >= 11 is 0. The van der Waals surface area contributed by atoms with E-state index in [4.69, 9.17) is 4.74 Å². The molecule has 0 aliphatic carbocycles. The van der Waals surface area contributed by atoms with E-state index in [9.17, 15) is 10.4 Å². The minimum Gasteiger partial charge on any atom is -0.391 e. The molecule has 1 aliphatic rings. The Hall–Kier alpha value is -1.61. The van der Waals surface area contributed by atoms with E-state index in [2.05, 4.69) is 16.3 Å². The van der Waals surface area contributed by atoms with Gasteiger partial charge in [0.2, 0.25) is 0 Å². The molecule has 1 aromatic rings. The van der Waals surface area contributed by atoms with Crippen LogP contribution in [0, 0.1) is 11.3 Å². The smallest absolute Gasteiger partial charge is 0.101 e. The number of nitriles is 1. The molecular weight excluding hydrogens is 266 g/mol. The van der Waals surface area contributed by atoms with Crippen molar-refractivity contribution in [3.8, 4) is 6.07 Å². The van der Waals surface area contributed by atoms with Crippen molar-refractivity contribution >= 4 is 5.69 Å². The summed E-state index contributed by atoms with van der Waals surface area (Å²) in [7, 11) is 1.68. The van der Waals surface area contributed by atoms with Crippen molar-refractivity contribution in [2.45, 2.75) is 25.5 Å². The molecule has 0 aromatic heterocycles. The Morgan fingerprint density at radius 2 is 2.38 bits per heavy atom. The second-order valence-corrected chi connectivity index (χ2v) is 5.37. The number of hydrogen-bond donors (Lipinski definition) is 2. The lowest BCUT2D eigenvalue weighted by atomic mass is 10.0. The Bertz CT molecular complexity index is 499. The molecule has 2 rings (SSSR count). The summed E-state index contributed by atoms with van der Waals surface area (Å²) < 4.78 is 4.99. The van der Waals surface area contributed by atoms with Crippen LogP contribution in [0.1, 0.15) is 24.0 Å². The summed E-state index contributed by atoms with van der Waals surface area (Å²) in [4.78, 5) is 2.11. The molecule has 0 spiro atoms. The van der Waals surface area contributed by atoms with Crippen molar-refractivity contribution in [1.29, 1.82) is 5.26 Å². The SMILES string of the molecule is COCCNCc1ccc(N2CCCC(O)C2)c(C#N)c1. The fraction of sp³-hybridized carbons (Fsp3) is 0.562. The molecule has 0 radical (unpaired) electrons. The van der Waals surface area contributed by atoms with Gasteiger partial charge in [-0.05, 0) is 30.5 Å². The lowest BCUT2D eigenvalue weighted by Gasteiger charge is -2.32. The molecule has 1 fully saturated rings. The van der Waals surface area contributed by atoms with Gasteiger partial charge in [-0.3, -0.25) is 0 Å². The van der Waals surface area contributed by atoms with Gasteiger partial charge in [0.05, 0.1) is 24.0 Å². The molecule has 1 saturated heterocycles. The highest BCUT2D eigenvalue weighted by atomic mass is 16.5. The molecule has 114 valence electrons. The van der Waals surface area contributed by atoms with E-state index in [0.717, 1.165) is 43.7 Å². The van der Waals surface area contributed by atoms with Crippen LogP contribution in [0.15, 0.2) is 18.2 Å². The van der Waals surface area contributed by atoms with Gasteiger partial charge >= 0.3 is 0 Å². The first-order valence-electron chi connectivity index (χ1n) is 7.40. The predicted molar refractivity (Wildman–Crippen MR) is 82.2 cm³/mol. The Kier molecular flexibility index (Phi) is 6.00. The standard InChI is InChI=1S/C16H23N3O2/c1-21-8-6-18-11-13-4-5-16(14(9-13)10-17)19-7-2-3-15(20)12-19/h4-5,9,15,18,20H,2-3,6-8,11-12H2,1H3. The van der Waals surface area contributed by atoms with Gasteiger partial charge in [-0.2, -0.15) is 5.26 Å². The van der Waals surface area contributed by atoms with Gasteiger partial charge in [0.25, 0.3) is 0 Å². The van der Waals surface area contributed by atoms with Gasteiger partial charge in [-0.1, -0.05) is 6.07 Å². The van der Waals surface area contributed by atoms with E-state index in [-0.39, 0.29) is 6.10 Å². The van der Waals surface area contributed by atoms with Crippen LogP contribution in [0.25, 0.3) is 0 Å². The van der Waals surface area contributed by atoms with E-state index >= 15 is 0 Å². The van der Waals surface area contributed by atoms with Crippen molar-refractivity contribution in [1.82, 2.24) is 5.32 Å². The molecule has 5 heteroatoms. The number of hydrogen-bond acceptors (Lipinski definition) is 5. The molecule has 2 N–H and O–H groups in total. The van der Waals surface area contributed by atoms with E-state index in [1.807, 2.05) is 18.2 Å². The number of β-amino-alcohol motifs (C(OH)–C–C–N with tert-alkyl or cyclic N) is 1. The van der Waals surface area contributed by atoms with E-state index in [1.165, 1.54) is 0 Å². The van der Waals surface area contributed by atoms with Crippen LogP contribution in [0.2, 0.25) is 0 Å². The van der Waals surface area contributed by atoms with Crippen LogP contribution >= 0.6 is 0 Å². The predicted octanol–water partition coefficient (Wildman–Crippen LogP) is 1.26. The van der Waals surface area contributed by atoms with Gasteiger partial charge < -0.3 is 20.1 Å². The zero-order valence-electron chi connectivity index (χ0n) is 12.5. The summed E-state index contributed by atoms with van der Waals surface area (Å²) in [6, 6.07) is 8.23. The number of benzene rings is 1. The molecule has 0 saturated carbocycles. The number of nitrogens with zero attached hydrogens (tertiary/aromatic N) is 2. The third kappa shape index (κ3) is 4.43. The maximum atomic E-state index is 9.78. The van der Waals surface area contributed by atoms with Gasteiger partial charge in [0.1, 0.15) is 6.07 Å². The quantitative estimate of drug-likeness (QED) is 0.772. The van der Waals surface area contributed by atoms with Crippen molar-refractivity contribution in [2.24, 2.45) is 0 Å². The van der Waals surface area contributed by atoms with Crippen molar-refractivity contribution in [2.75, 3.05) is 38.3 Å². The first-order chi connectivity index (χ1) is 10.2. The molecule has 0 amide bonds. The van der Waals surface area contributed by atoms with E-state index < -0.39 is 0 Å². The zero-order chi connectivity index (χ0) is 15.1. The van der Waals surface area contributed by atoms with Crippen LogP contribution in [0.4, 0.5) is 5.69 Å². The van der Waals surface area contributed by atoms with Crippen LogP contribution in [-0.2, 0) is 11.3 Å². The summed E-state index contributed by atoms with van der Waals surface area (Å²) in [6.45, 7) is 3.70. The minimum absolute atomic E-state index is 0.291. The first kappa shape index (κ1) is 15.8. The molecule has 1 atom stereocenters. The molecule has 1 aromatic carbocycles. The summed E-state index contributed by atoms with van der Waals surface area (Å²) in [5.74, 6) is 0. The molecular formula is C16H23N3O2. The third-order valence-corrected chi connectivity index (χ3v) is 3.73. The molecule has 1 aliphatic heterocycles. The van der Waals surface area contributed by atoms with Crippen molar-refractivity contribution < 1.29 is 9.84 Å². The van der Waals surface area contributed by atoms with Gasteiger partial charge in [-0.25, -0.2) is 0 Å². The number of piperidine rings is 1. The Morgan fingerprint density at radius 3 is 3.10 bits per heavy atom. The molecule has 1 heterocycles. The largest absolute Gasteiger partial charge is 0.391 e. The second kappa shape index (κ2) is 7.99. The maximum absolute atomic E-state index is 9.78. The first-order valence-corrected chi connectivity index (χ1v) is 7.40. The van der Waals surface area contributed by atoms with Crippen molar-refractivity contribution in [3.05, 3.63) is 29.3 Å². The summed E-state index contributed by atoms with van der Waals surface area (Å²) in [5.41, 5.74) is 2.69. The highest BCUT2D eigenvalue weighted by molar-refractivity contribution is 5.60. The van der Waals surface area contributed by atoms with Crippen LogP contribution < -0.4 is 10.2 Å². The van der Waals surface area contributed by atoms with E-state index in [1.54, 1.807) is 7.11 Å². The number of aliphatic hydroxyl groups is 1. The monoisotopic (exact) mass is 289 g/mol. The molecule has 0 bridgehead atoms. The van der Waals surface area contributed by atoms with Crippen molar-refractivity contribution in [3.63, 3.8) is 0 Å². The number of anilines is 1. The molecule has 5 nitrogen and oxygen atoms in total. The maximum Gasteiger partial charge on any atom is 0.101 e. The van der Waals surface area contributed by atoms with Gasteiger partial charge in [-0.15, -0.1) is 0 Å². The Balaban J connectivity index is 2.04. The Labute approximate surface area is 126 Å². The summed E-state index contributed by atoms with van der Waals surface area (Å²) in [5, 5.41) is 22.4. The average molecular weight is 289 g/mol. The second-order valence-electron chi connectivity index (χ2n) is 5.37. The summed E-state index contributed by atoms with van der Waals surface area (Å²) in [6.07, 6.45) is 1.52. The lowest BCUT2D eigenvalue weighted by molar-refractivity contribution is 0.154. The zero-order valence-corrected chi connectivity index (χ0v) is 12.5. The number of aliphatic hydroxyl groups excluding tert-OH is 1. The highest BCUT2D eigenvalue weighted by Crippen LogP contribution is 2.25. The number of rotatable bonds is 6. The number of methoxy groups -OCH3 is 1. The van der Waals surface area contributed by atoms with Gasteiger partial charge in [0.15, 0.2) is 0 Å². The third-order valence-electron chi connectivity index (χ3n) is 3.73. The highest BCUT2D eigenvalue weighted by Gasteiger charge is 2.20. The molecule has 21 heavy (non-hydrogen) atoms. The number of ether oxygens (including phenoxy) is 1. The fourth-order valence-electron chi connectivity index (χ4n) is 2.64. The number of nitrogens with one attached hydrogen (secondary N) is 1. The minimum atomic E-state index is -0.291. The van der Waals surface area contributed by atoms with Crippen LogP contribution in [-0.4, -0.2) is 44.6 Å². The fourth-order valence-corrected chi connectivity index (χ4v) is 2.64. The van der Waals surface area contributed by atoms with Crippen LogP contribution in [0.5, 0.6) is 0 Å². The van der Waals surface area contributed by atoms with Crippen LogP contribution in [0.3, 0.4) is 0 Å².